The van der Waals surface area contributed by atoms with Crippen molar-refractivity contribution in [2.45, 2.75) is 53.4 Å². The Morgan fingerprint density at radius 3 is 1.91 bits per heavy atom. The van der Waals surface area contributed by atoms with E-state index in [0.29, 0.717) is 5.41 Å². The van der Waals surface area contributed by atoms with Crippen LogP contribution in [0.4, 0.5) is 0 Å². The first-order valence-electron chi connectivity index (χ1n) is 5.18. The van der Waals surface area contributed by atoms with Crippen molar-refractivity contribution in [3.8, 4) is 0 Å². The first kappa shape index (κ1) is 9.09. The summed E-state index contributed by atoms with van der Waals surface area (Å²) in [4.78, 5) is 0. The van der Waals surface area contributed by atoms with Crippen molar-refractivity contribution in [1.82, 2.24) is 0 Å². The largest absolute Gasteiger partial charge is 0.0683 e. The third kappa shape index (κ3) is 1.60. The van der Waals surface area contributed by atoms with Crippen molar-refractivity contribution < 1.29 is 0 Å². The molecule has 2 atom stereocenters. The zero-order valence-corrected chi connectivity index (χ0v) is 8.48. The molecule has 0 aromatic heterocycles. The standard InChI is InChI=1S/C9H16.C2H6/c1-9(2)6-7-3-4-8(9)5-7;1-2/h7-8H,3-6H2,1-2H3;1-2H3. The molecule has 0 radical (unpaired) electrons. The fourth-order valence-corrected chi connectivity index (χ4v) is 2.88. The molecule has 0 aromatic carbocycles. The summed E-state index contributed by atoms with van der Waals surface area (Å²) in [7, 11) is 0. The maximum atomic E-state index is 2.44. The van der Waals surface area contributed by atoms with Crippen molar-refractivity contribution in [2.75, 3.05) is 0 Å². The van der Waals surface area contributed by atoms with Crippen LogP contribution >= 0.6 is 0 Å². The van der Waals surface area contributed by atoms with Crippen LogP contribution in [0.25, 0.3) is 0 Å². The van der Waals surface area contributed by atoms with E-state index < -0.39 is 0 Å². The first-order chi connectivity index (χ1) is 5.18. The molecule has 0 N–H and O–H groups in total. The molecular formula is C11H22. The summed E-state index contributed by atoms with van der Waals surface area (Å²) in [6.07, 6.45) is 6.12. The van der Waals surface area contributed by atoms with Gasteiger partial charge in [0.15, 0.2) is 0 Å². The van der Waals surface area contributed by atoms with Crippen LogP contribution < -0.4 is 0 Å². The zero-order valence-electron chi connectivity index (χ0n) is 8.48. The predicted octanol–water partition coefficient (Wildman–Crippen LogP) is 3.86. The van der Waals surface area contributed by atoms with Crippen molar-refractivity contribution in [2.24, 2.45) is 17.3 Å². The van der Waals surface area contributed by atoms with Gasteiger partial charge in [-0.25, -0.2) is 0 Å². The van der Waals surface area contributed by atoms with E-state index in [9.17, 15) is 0 Å². The smallest absolute Gasteiger partial charge is 0.0323 e. The molecule has 0 aliphatic heterocycles. The summed E-state index contributed by atoms with van der Waals surface area (Å²) < 4.78 is 0. The van der Waals surface area contributed by atoms with E-state index in [-0.39, 0.29) is 0 Å². The van der Waals surface area contributed by atoms with E-state index in [2.05, 4.69) is 13.8 Å². The maximum Gasteiger partial charge on any atom is -0.0323 e. The van der Waals surface area contributed by atoms with E-state index in [1.807, 2.05) is 13.8 Å². The Hall–Kier alpha value is 0. The lowest BCUT2D eigenvalue weighted by Gasteiger charge is -2.29. The van der Waals surface area contributed by atoms with Crippen LogP contribution in [-0.2, 0) is 0 Å². The monoisotopic (exact) mass is 154 g/mol. The molecule has 2 rings (SSSR count). The Bertz CT molecular complexity index is 124. The van der Waals surface area contributed by atoms with Crippen LogP contribution in [-0.4, -0.2) is 0 Å². The van der Waals surface area contributed by atoms with E-state index >= 15 is 0 Å². The van der Waals surface area contributed by atoms with Crippen molar-refractivity contribution >= 4 is 0 Å². The van der Waals surface area contributed by atoms with Crippen molar-refractivity contribution in [3.05, 3.63) is 0 Å². The zero-order chi connectivity index (χ0) is 8.48. The molecule has 2 bridgehead atoms. The number of rotatable bonds is 0. The van der Waals surface area contributed by atoms with Crippen molar-refractivity contribution in [3.63, 3.8) is 0 Å². The van der Waals surface area contributed by atoms with E-state index in [1.165, 1.54) is 19.3 Å². The molecule has 2 saturated carbocycles. The normalized spacial score (nSPS) is 38.2. The quantitative estimate of drug-likeness (QED) is 0.497. The highest BCUT2D eigenvalue weighted by molar-refractivity contribution is 4.95. The summed E-state index contributed by atoms with van der Waals surface area (Å²) in [6, 6.07) is 0. The third-order valence-corrected chi connectivity index (χ3v) is 3.46. The Balaban J connectivity index is 0.000000281. The second kappa shape index (κ2) is 3.16. The third-order valence-electron chi connectivity index (χ3n) is 3.46. The van der Waals surface area contributed by atoms with Gasteiger partial charge >= 0.3 is 0 Å². The number of hydrogen-bond donors (Lipinski definition) is 0. The van der Waals surface area contributed by atoms with Crippen LogP contribution in [0.5, 0.6) is 0 Å². The Kier molecular flexibility index (Phi) is 2.61. The molecule has 0 aromatic rings. The topological polar surface area (TPSA) is 0 Å². The molecule has 0 saturated heterocycles. The Morgan fingerprint density at radius 2 is 1.73 bits per heavy atom. The fourth-order valence-electron chi connectivity index (χ4n) is 2.88. The van der Waals surface area contributed by atoms with Gasteiger partial charge in [0.2, 0.25) is 0 Å². The molecule has 0 spiro atoms. The molecule has 0 nitrogen and oxygen atoms in total. The minimum Gasteiger partial charge on any atom is -0.0683 e. The average molecular weight is 154 g/mol. The van der Waals surface area contributed by atoms with Gasteiger partial charge in [-0.2, -0.15) is 0 Å². The lowest BCUT2D eigenvalue weighted by molar-refractivity contribution is 0.217. The van der Waals surface area contributed by atoms with Gasteiger partial charge in [0.1, 0.15) is 0 Å². The summed E-state index contributed by atoms with van der Waals surface area (Å²) in [5.41, 5.74) is 0.711. The van der Waals surface area contributed by atoms with E-state index in [4.69, 9.17) is 0 Å². The molecule has 2 aliphatic carbocycles. The Morgan fingerprint density at radius 1 is 1.09 bits per heavy atom. The lowest BCUT2D eigenvalue weighted by atomic mass is 9.77. The van der Waals surface area contributed by atoms with Gasteiger partial charge in [-0.1, -0.05) is 34.1 Å². The lowest BCUT2D eigenvalue weighted by Crippen LogP contribution is -2.19. The van der Waals surface area contributed by atoms with Crippen LogP contribution in [0.2, 0.25) is 0 Å². The van der Waals surface area contributed by atoms with Crippen LogP contribution in [0.15, 0.2) is 0 Å². The Labute approximate surface area is 71.4 Å². The maximum absolute atomic E-state index is 2.44. The molecule has 0 heterocycles. The minimum atomic E-state index is 0.711. The summed E-state index contributed by atoms with van der Waals surface area (Å²) in [6.45, 7) is 8.88. The predicted molar refractivity (Wildman–Crippen MR) is 50.6 cm³/mol. The minimum absolute atomic E-state index is 0.711. The number of fused-ring (bicyclic) bond motifs is 2. The molecule has 0 heteroatoms. The second-order valence-corrected chi connectivity index (χ2v) is 4.57. The van der Waals surface area contributed by atoms with E-state index in [1.54, 1.807) is 6.42 Å². The van der Waals surface area contributed by atoms with Crippen LogP contribution in [0.3, 0.4) is 0 Å². The molecule has 2 fully saturated rings. The molecule has 2 aliphatic rings. The van der Waals surface area contributed by atoms with Crippen molar-refractivity contribution in [1.29, 1.82) is 0 Å². The van der Waals surface area contributed by atoms with Gasteiger partial charge < -0.3 is 0 Å². The van der Waals surface area contributed by atoms with Crippen LogP contribution in [0.1, 0.15) is 53.4 Å². The fraction of sp³-hybridized carbons (Fsp3) is 1.00. The second-order valence-electron chi connectivity index (χ2n) is 4.57. The average Bonchev–Trinajstić information content (AvgIpc) is 2.49. The number of hydrogen-bond acceptors (Lipinski definition) is 0. The summed E-state index contributed by atoms with van der Waals surface area (Å²) in [5.74, 6) is 2.20. The van der Waals surface area contributed by atoms with Gasteiger partial charge in [-0.3, -0.25) is 0 Å². The molecule has 66 valence electrons. The summed E-state index contributed by atoms with van der Waals surface area (Å²) >= 11 is 0. The van der Waals surface area contributed by atoms with Crippen LogP contribution in [0, 0.1) is 17.3 Å². The molecular weight excluding hydrogens is 132 g/mol. The van der Waals surface area contributed by atoms with E-state index in [0.717, 1.165) is 11.8 Å². The van der Waals surface area contributed by atoms with Gasteiger partial charge in [0.25, 0.3) is 0 Å². The molecule has 2 unspecified atom stereocenters. The SMILES string of the molecule is CC.CC1(C)CC2CCC1C2. The van der Waals surface area contributed by atoms with Gasteiger partial charge in [-0.05, 0) is 36.5 Å². The summed E-state index contributed by atoms with van der Waals surface area (Å²) in [5, 5.41) is 0. The van der Waals surface area contributed by atoms with Gasteiger partial charge in [0.05, 0.1) is 0 Å². The highest BCUT2D eigenvalue weighted by Crippen LogP contribution is 2.55. The first-order valence-corrected chi connectivity index (χ1v) is 5.18. The molecule has 11 heavy (non-hydrogen) atoms. The van der Waals surface area contributed by atoms with Gasteiger partial charge in [-0.15, -0.1) is 0 Å². The van der Waals surface area contributed by atoms with Gasteiger partial charge in [0, 0.05) is 0 Å². The highest BCUT2D eigenvalue weighted by Gasteiger charge is 2.44. The molecule has 0 amide bonds. The highest BCUT2D eigenvalue weighted by atomic mass is 14.5.